The Balaban J connectivity index is 1.17. The Kier molecular flexibility index (Phi) is 11.3. The van der Waals surface area contributed by atoms with Gasteiger partial charge in [0.05, 0.1) is 43.6 Å². The third-order valence-corrected chi connectivity index (χ3v) is 10.2. The number of benzene rings is 4. The molecule has 8 rings (SSSR count). The van der Waals surface area contributed by atoms with Crippen LogP contribution in [0.1, 0.15) is 44.0 Å². The molecule has 4 aromatic carbocycles. The van der Waals surface area contributed by atoms with Gasteiger partial charge in [0.1, 0.15) is 11.7 Å². The molecule has 2 amide bonds. The van der Waals surface area contributed by atoms with E-state index in [1.165, 1.54) is 4.90 Å². The van der Waals surface area contributed by atoms with Crippen molar-refractivity contribution in [3.63, 3.8) is 0 Å². The summed E-state index contributed by atoms with van der Waals surface area (Å²) in [4.78, 5) is 42.7. The number of rotatable bonds is 13. The second kappa shape index (κ2) is 17.0. The molecule has 4 heterocycles. The predicted molar refractivity (Wildman–Crippen MR) is 215 cm³/mol. The maximum atomic E-state index is 14.2. The summed E-state index contributed by atoms with van der Waals surface area (Å²) in [5.74, 6) is -0.831. The van der Waals surface area contributed by atoms with E-state index in [-0.39, 0.29) is 41.8 Å². The summed E-state index contributed by atoms with van der Waals surface area (Å²) in [5.41, 5.74) is 2.96. The van der Waals surface area contributed by atoms with Gasteiger partial charge in [0, 0.05) is 5.92 Å². The third-order valence-electron chi connectivity index (χ3n) is 10.2. The van der Waals surface area contributed by atoms with E-state index >= 15 is 0 Å². The summed E-state index contributed by atoms with van der Waals surface area (Å²) in [6.07, 6.45) is 1.30. The van der Waals surface area contributed by atoms with Crippen LogP contribution >= 0.6 is 0 Å². The van der Waals surface area contributed by atoms with Crippen molar-refractivity contribution >= 4 is 40.5 Å². The van der Waals surface area contributed by atoms with Crippen LogP contribution in [0.2, 0.25) is 0 Å². The number of fused-ring (bicyclic) bond motifs is 3. The Morgan fingerprint density at radius 3 is 2.12 bits per heavy atom. The average molecular weight is 768 g/mol. The van der Waals surface area contributed by atoms with Crippen molar-refractivity contribution in [1.82, 2.24) is 24.8 Å². The molecule has 0 unspecified atom stereocenters. The predicted octanol–water partition coefficient (Wildman–Crippen LogP) is 7.58. The minimum atomic E-state index is -0.831. The Morgan fingerprint density at radius 1 is 0.877 bits per heavy atom. The lowest BCUT2D eigenvalue weighted by Crippen LogP contribution is -2.50. The lowest BCUT2D eigenvalue weighted by molar-refractivity contribution is -0.159. The smallest absolute Gasteiger partial charge is 0.388 e. The summed E-state index contributed by atoms with van der Waals surface area (Å²) >= 11 is 0. The second-order valence-electron chi connectivity index (χ2n) is 14.5. The minimum absolute atomic E-state index is 0.0411. The molecule has 2 saturated heterocycles. The maximum Gasteiger partial charge on any atom is 0.425 e. The van der Waals surface area contributed by atoms with E-state index in [9.17, 15) is 9.59 Å². The molecule has 2 fully saturated rings. The maximum absolute atomic E-state index is 14.2. The minimum Gasteiger partial charge on any atom is -0.388 e. The van der Waals surface area contributed by atoms with Crippen molar-refractivity contribution in [2.45, 2.75) is 63.9 Å². The molecule has 57 heavy (non-hydrogen) atoms. The number of hydrogen-bond acceptors (Lipinski definition) is 10. The van der Waals surface area contributed by atoms with E-state index < -0.39 is 24.0 Å². The van der Waals surface area contributed by atoms with Gasteiger partial charge in [0.25, 0.3) is 5.88 Å². The zero-order chi connectivity index (χ0) is 39.2. The molecule has 6 aromatic rings. The molecular weight excluding hydrogens is 723 g/mol. The molecule has 2 aliphatic rings. The first-order chi connectivity index (χ1) is 27.9. The van der Waals surface area contributed by atoms with Gasteiger partial charge in [-0.3, -0.25) is 14.7 Å². The summed E-state index contributed by atoms with van der Waals surface area (Å²) in [7, 11) is 0. The molecule has 0 radical (unpaired) electrons. The van der Waals surface area contributed by atoms with Gasteiger partial charge in [0.2, 0.25) is 11.9 Å². The van der Waals surface area contributed by atoms with Crippen LogP contribution in [0.4, 0.5) is 22.1 Å². The molecule has 0 saturated carbocycles. The number of nitrogens with one attached hydrogen (secondary N) is 2. The number of anilines is 3. The van der Waals surface area contributed by atoms with Gasteiger partial charge in [-0.1, -0.05) is 111 Å². The number of nitrogens with zero attached hydrogens (tertiary/aromatic N) is 5. The lowest BCUT2D eigenvalue weighted by Gasteiger charge is -2.34. The van der Waals surface area contributed by atoms with Gasteiger partial charge in [-0.15, -0.1) is 0 Å². The van der Waals surface area contributed by atoms with Gasteiger partial charge >= 0.3 is 6.09 Å². The van der Waals surface area contributed by atoms with Crippen LogP contribution in [0.5, 0.6) is 5.88 Å². The Bertz CT molecular complexity index is 2240. The number of aromatic nitrogens is 4. The third kappa shape index (κ3) is 8.28. The molecule has 0 aliphatic carbocycles. The highest BCUT2D eigenvalue weighted by Gasteiger charge is 2.58. The highest BCUT2D eigenvalue weighted by Crippen LogP contribution is 2.45. The van der Waals surface area contributed by atoms with Gasteiger partial charge in [-0.2, -0.15) is 9.97 Å². The van der Waals surface area contributed by atoms with Gasteiger partial charge < -0.3 is 24.3 Å². The topological polar surface area (TPSA) is 142 Å². The van der Waals surface area contributed by atoms with E-state index in [0.717, 1.165) is 24.1 Å². The van der Waals surface area contributed by atoms with Crippen molar-refractivity contribution in [3.8, 4) is 5.88 Å². The number of carbonyl (C=O) groups excluding carboxylic acids is 2. The van der Waals surface area contributed by atoms with E-state index in [0.29, 0.717) is 36.7 Å². The zero-order valence-electron chi connectivity index (χ0n) is 31.9. The average Bonchev–Trinajstić information content (AvgIpc) is 3.72. The van der Waals surface area contributed by atoms with Crippen LogP contribution in [0.15, 0.2) is 128 Å². The fourth-order valence-corrected chi connectivity index (χ4v) is 7.37. The van der Waals surface area contributed by atoms with Gasteiger partial charge in [-0.25, -0.2) is 14.7 Å². The molecular formula is C44H45N7O6. The number of para-hydroxylation sites is 2. The summed E-state index contributed by atoms with van der Waals surface area (Å²) < 4.78 is 28.2. The number of imidazole rings is 1. The molecule has 13 nitrogen and oxygen atoms in total. The molecule has 2 bridgehead atoms. The number of ether oxygens (including phenoxy) is 4. The van der Waals surface area contributed by atoms with Crippen molar-refractivity contribution in [1.29, 1.82) is 0 Å². The van der Waals surface area contributed by atoms with Crippen LogP contribution in [-0.4, -0.2) is 62.4 Å². The van der Waals surface area contributed by atoms with Gasteiger partial charge in [0.15, 0.2) is 17.4 Å². The summed E-state index contributed by atoms with van der Waals surface area (Å²) in [6, 6.07) is 38.1. The molecule has 2 aliphatic heterocycles. The highest BCUT2D eigenvalue weighted by molar-refractivity contribution is 5.98. The van der Waals surface area contributed by atoms with Crippen molar-refractivity contribution in [2.24, 2.45) is 5.92 Å². The number of hydrogen-bond donors (Lipinski definition) is 2. The fourth-order valence-electron chi connectivity index (χ4n) is 7.37. The van der Waals surface area contributed by atoms with E-state index in [1.54, 1.807) is 24.7 Å². The SMILES string of the molecule is CC(C)C(=O)Nc1nc(OC(=O)N(c2ccccc2)c2ccccc2)c2ncn([C@@H]3O[C@@]4(COCc5ccccc5)CCCN[C@@H]3[C@@H]4OCc3ccccc3)c2n1. The van der Waals surface area contributed by atoms with Crippen LogP contribution in [0.3, 0.4) is 0 Å². The quantitative estimate of drug-likeness (QED) is 0.121. The first-order valence-electron chi connectivity index (χ1n) is 19.2. The normalized spacial score (nSPS) is 20.3. The van der Waals surface area contributed by atoms with Crippen LogP contribution in [0.25, 0.3) is 11.2 Å². The van der Waals surface area contributed by atoms with E-state index in [1.807, 2.05) is 121 Å². The van der Waals surface area contributed by atoms with Gasteiger partial charge in [-0.05, 0) is 54.8 Å². The zero-order valence-corrected chi connectivity index (χ0v) is 31.9. The second-order valence-corrected chi connectivity index (χ2v) is 14.5. The largest absolute Gasteiger partial charge is 0.425 e. The fraction of sp³-hybridized carbons (Fsp3) is 0.295. The number of amides is 2. The van der Waals surface area contributed by atoms with Crippen LogP contribution in [-0.2, 0) is 32.2 Å². The molecule has 13 heteroatoms. The monoisotopic (exact) mass is 767 g/mol. The highest BCUT2D eigenvalue weighted by atomic mass is 16.6. The molecule has 2 aromatic heterocycles. The first kappa shape index (κ1) is 37.9. The van der Waals surface area contributed by atoms with Crippen molar-refractivity contribution in [3.05, 3.63) is 139 Å². The lowest BCUT2D eigenvalue weighted by atomic mass is 9.91. The number of carbonyl (C=O) groups is 2. The Labute approximate surface area is 331 Å². The summed E-state index contributed by atoms with van der Waals surface area (Å²) in [6.45, 7) is 5.34. The molecule has 0 spiro atoms. The van der Waals surface area contributed by atoms with Crippen LogP contribution < -0.4 is 20.3 Å². The van der Waals surface area contributed by atoms with Crippen molar-refractivity contribution in [2.75, 3.05) is 23.4 Å². The summed E-state index contributed by atoms with van der Waals surface area (Å²) in [5, 5.41) is 6.49. The Morgan fingerprint density at radius 2 is 1.49 bits per heavy atom. The van der Waals surface area contributed by atoms with E-state index in [2.05, 4.69) is 15.6 Å². The molecule has 2 N–H and O–H groups in total. The van der Waals surface area contributed by atoms with Crippen LogP contribution in [0, 0.1) is 5.92 Å². The molecule has 4 atom stereocenters. The first-order valence-corrected chi connectivity index (χ1v) is 19.2. The van der Waals surface area contributed by atoms with E-state index in [4.69, 9.17) is 28.9 Å². The Hall–Kier alpha value is -5.99. The standard InChI is InChI=1S/C44H45N7O6/c1-30(2)39(52)48-42-47-38-36(40(49-42)56-43(53)51(33-20-11-5-12-21-33)34-22-13-6-14-23-34)46-29-50(38)41-35-37(55-27-32-18-9-4-10-19-32)44(57-41,24-15-25-45-35)28-54-26-31-16-7-3-8-17-31/h3-14,16-23,29-30,35,37,41,45H,15,24-28H2,1-2H3,(H,47,48,49,52)/t35-,37+,41-,44-/m1/s1. The van der Waals surface area contributed by atoms with Crippen molar-refractivity contribution < 1.29 is 28.5 Å². The molecule has 292 valence electrons.